The van der Waals surface area contributed by atoms with Gasteiger partial charge in [0.25, 0.3) is 0 Å². The third-order valence-corrected chi connectivity index (χ3v) is 9.50. The number of urea groups is 1. The van der Waals surface area contributed by atoms with Crippen LogP contribution in [0.2, 0.25) is 0 Å². The van der Waals surface area contributed by atoms with Crippen LogP contribution < -0.4 is 10.1 Å². The van der Waals surface area contributed by atoms with E-state index in [1.54, 1.807) is 21.9 Å². The van der Waals surface area contributed by atoms with Gasteiger partial charge in [-0.3, -0.25) is 9.59 Å². The summed E-state index contributed by atoms with van der Waals surface area (Å²) >= 11 is 1.36. The minimum absolute atomic E-state index is 0.0499. The van der Waals surface area contributed by atoms with Crippen molar-refractivity contribution < 1.29 is 23.5 Å². The summed E-state index contributed by atoms with van der Waals surface area (Å²) in [5.74, 6) is 0.204. The number of carbonyl (C=O) groups is 3. The molecule has 214 valence electrons. The van der Waals surface area contributed by atoms with Crippen LogP contribution in [0, 0.1) is 11.7 Å². The molecule has 4 amide bonds. The molecule has 2 aromatic carbocycles. The molecular weight excluding hydrogens is 531 g/mol. The first-order valence-electron chi connectivity index (χ1n) is 14.0. The number of halogens is 1. The van der Waals surface area contributed by atoms with Gasteiger partial charge in [0.05, 0.1) is 12.4 Å². The van der Waals surface area contributed by atoms with Crippen molar-refractivity contribution in [1.82, 2.24) is 14.7 Å². The van der Waals surface area contributed by atoms with Gasteiger partial charge in [-0.05, 0) is 48.9 Å². The number of piperidine rings is 1. The Kier molecular flexibility index (Phi) is 8.54. The lowest BCUT2D eigenvalue weighted by molar-refractivity contribution is -0.137. The number of anilines is 1. The first-order valence-corrected chi connectivity index (χ1v) is 14.9. The number of thioether (sulfide) groups is 1. The summed E-state index contributed by atoms with van der Waals surface area (Å²) in [4.78, 5) is 44.9. The molecule has 1 N–H and O–H groups in total. The number of carbonyl (C=O) groups excluding carboxylic acids is 3. The fourth-order valence-corrected chi connectivity index (χ4v) is 7.15. The highest BCUT2D eigenvalue weighted by Gasteiger charge is 2.43. The maximum Gasteiger partial charge on any atom is 0.322 e. The van der Waals surface area contributed by atoms with E-state index in [0.717, 1.165) is 17.7 Å². The standard InChI is InChI=1S/C30H37FN4O4S/c1-19(2)10-15-34-28(37)26(40-29(34)23-9-8-22(39-3)16-24(23)31)17-27(36)33-13-11-21(12-14-33)35-18-20-6-4-5-7-25(20)32-30(35)38/h4-9,16,19,21,26,29H,10-15,17-18H2,1-3H3,(H,32,38). The lowest BCUT2D eigenvalue weighted by Gasteiger charge is -2.40. The largest absolute Gasteiger partial charge is 0.497 e. The number of ether oxygens (including phenoxy) is 1. The molecule has 2 atom stereocenters. The summed E-state index contributed by atoms with van der Waals surface area (Å²) in [6.07, 6.45) is 2.25. The van der Waals surface area contributed by atoms with Crippen LogP contribution in [0.4, 0.5) is 14.9 Å². The molecule has 0 bridgehead atoms. The van der Waals surface area contributed by atoms with Gasteiger partial charge in [0.15, 0.2) is 0 Å². The highest BCUT2D eigenvalue weighted by Crippen LogP contribution is 2.46. The Balaban J connectivity index is 1.21. The zero-order chi connectivity index (χ0) is 28.4. The molecule has 2 fully saturated rings. The molecule has 0 aliphatic carbocycles. The van der Waals surface area contributed by atoms with Crippen LogP contribution in [-0.2, 0) is 16.1 Å². The van der Waals surface area contributed by atoms with Gasteiger partial charge in [0.2, 0.25) is 11.8 Å². The molecule has 2 saturated heterocycles. The molecule has 3 aliphatic heterocycles. The Hall–Kier alpha value is -3.27. The normalized spacial score (nSPS) is 21.6. The van der Waals surface area contributed by atoms with E-state index in [1.165, 1.54) is 24.9 Å². The van der Waals surface area contributed by atoms with Crippen LogP contribution in [0.5, 0.6) is 5.75 Å². The first kappa shape index (κ1) is 28.3. The predicted molar refractivity (Wildman–Crippen MR) is 153 cm³/mol. The maximum absolute atomic E-state index is 15.0. The van der Waals surface area contributed by atoms with Crippen LogP contribution >= 0.6 is 11.8 Å². The Morgan fingerprint density at radius 2 is 1.90 bits per heavy atom. The number of hydrogen-bond acceptors (Lipinski definition) is 5. The fourth-order valence-electron chi connectivity index (χ4n) is 5.66. The van der Waals surface area contributed by atoms with E-state index in [4.69, 9.17) is 4.74 Å². The van der Waals surface area contributed by atoms with E-state index in [9.17, 15) is 14.4 Å². The zero-order valence-corrected chi connectivity index (χ0v) is 24.1. The van der Waals surface area contributed by atoms with Gasteiger partial charge in [0.1, 0.15) is 16.9 Å². The third-order valence-electron chi connectivity index (χ3n) is 8.03. The molecule has 3 aliphatic rings. The van der Waals surface area contributed by atoms with E-state index in [0.29, 0.717) is 56.3 Å². The number of methoxy groups -OCH3 is 1. The maximum atomic E-state index is 15.0. The summed E-state index contributed by atoms with van der Waals surface area (Å²) in [5, 5.41) is 1.92. The number of fused-ring (bicyclic) bond motifs is 1. The van der Waals surface area contributed by atoms with Crippen LogP contribution in [0.3, 0.4) is 0 Å². The van der Waals surface area contributed by atoms with Crippen LogP contribution in [0.25, 0.3) is 0 Å². The Morgan fingerprint density at radius 1 is 1.15 bits per heavy atom. The Morgan fingerprint density at radius 3 is 2.60 bits per heavy atom. The van der Waals surface area contributed by atoms with Gasteiger partial charge < -0.3 is 24.8 Å². The average Bonchev–Trinajstić information content (AvgIpc) is 3.25. The SMILES string of the molecule is COc1ccc(C2SC(CC(=O)N3CCC(N4Cc5ccccc5NC4=O)CC3)C(=O)N2CCC(C)C)c(F)c1. The van der Waals surface area contributed by atoms with Gasteiger partial charge in [-0.25, -0.2) is 9.18 Å². The minimum Gasteiger partial charge on any atom is -0.497 e. The van der Waals surface area contributed by atoms with Crippen molar-refractivity contribution in [2.24, 2.45) is 5.92 Å². The van der Waals surface area contributed by atoms with E-state index >= 15 is 4.39 Å². The molecule has 40 heavy (non-hydrogen) atoms. The van der Waals surface area contributed by atoms with E-state index in [-0.39, 0.29) is 30.3 Å². The monoisotopic (exact) mass is 568 g/mol. The second-order valence-corrected chi connectivity index (χ2v) is 12.4. The van der Waals surface area contributed by atoms with Crippen molar-refractivity contribution in [3.05, 3.63) is 59.4 Å². The number of nitrogens with zero attached hydrogens (tertiary/aromatic N) is 3. The summed E-state index contributed by atoms with van der Waals surface area (Å²) in [6.45, 7) is 6.32. The minimum atomic E-state index is -0.562. The number of amides is 4. The molecule has 0 aromatic heterocycles. The molecule has 3 heterocycles. The van der Waals surface area contributed by atoms with E-state index in [1.807, 2.05) is 29.2 Å². The van der Waals surface area contributed by atoms with Crippen molar-refractivity contribution in [1.29, 1.82) is 0 Å². The zero-order valence-electron chi connectivity index (χ0n) is 23.3. The van der Waals surface area contributed by atoms with Crippen LogP contribution in [0.1, 0.15) is 56.0 Å². The molecule has 10 heteroatoms. The smallest absolute Gasteiger partial charge is 0.322 e. The number of hydrogen-bond donors (Lipinski definition) is 1. The number of benzene rings is 2. The number of likely N-dealkylation sites (tertiary alicyclic amines) is 1. The van der Waals surface area contributed by atoms with Gasteiger partial charge >= 0.3 is 6.03 Å². The van der Waals surface area contributed by atoms with E-state index in [2.05, 4.69) is 19.2 Å². The van der Waals surface area contributed by atoms with Crippen molar-refractivity contribution >= 4 is 35.3 Å². The van der Waals surface area contributed by atoms with E-state index < -0.39 is 16.4 Å². The average molecular weight is 569 g/mol. The lowest BCUT2D eigenvalue weighted by Crippen LogP contribution is -2.51. The Labute approximate surface area is 239 Å². The summed E-state index contributed by atoms with van der Waals surface area (Å²) in [7, 11) is 1.49. The quantitative estimate of drug-likeness (QED) is 0.470. The van der Waals surface area contributed by atoms with Crippen molar-refractivity contribution in [2.75, 3.05) is 32.1 Å². The predicted octanol–water partition coefficient (Wildman–Crippen LogP) is 5.25. The van der Waals surface area contributed by atoms with Crippen LogP contribution in [0.15, 0.2) is 42.5 Å². The molecule has 5 rings (SSSR count). The topological polar surface area (TPSA) is 82.2 Å². The highest BCUT2D eigenvalue weighted by atomic mass is 32.2. The number of rotatable bonds is 8. The van der Waals surface area contributed by atoms with Crippen molar-refractivity contribution in [3.63, 3.8) is 0 Å². The summed E-state index contributed by atoms with van der Waals surface area (Å²) in [6, 6.07) is 12.5. The lowest BCUT2D eigenvalue weighted by atomic mass is 10.0. The summed E-state index contributed by atoms with van der Waals surface area (Å²) < 4.78 is 20.2. The fraction of sp³-hybridized carbons (Fsp3) is 0.500. The second kappa shape index (κ2) is 12.1. The number of nitrogens with one attached hydrogen (secondary N) is 1. The first-order chi connectivity index (χ1) is 19.2. The molecule has 0 saturated carbocycles. The second-order valence-electron chi connectivity index (χ2n) is 11.1. The third kappa shape index (κ3) is 5.92. The van der Waals surface area contributed by atoms with Gasteiger partial charge in [0, 0.05) is 56.0 Å². The Bertz CT molecular complexity index is 1270. The van der Waals surface area contributed by atoms with Crippen molar-refractivity contribution in [2.45, 2.75) is 62.7 Å². The van der Waals surface area contributed by atoms with Crippen LogP contribution in [-0.4, -0.2) is 70.6 Å². The summed E-state index contributed by atoms with van der Waals surface area (Å²) in [5.41, 5.74) is 2.37. The van der Waals surface area contributed by atoms with Gasteiger partial charge in [-0.15, -0.1) is 11.8 Å². The molecular formula is C30H37FN4O4S. The number of para-hydroxylation sites is 1. The molecule has 2 unspecified atom stereocenters. The van der Waals surface area contributed by atoms with Gasteiger partial charge in [-0.2, -0.15) is 0 Å². The molecule has 0 spiro atoms. The molecule has 2 aromatic rings. The van der Waals surface area contributed by atoms with Crippen molar-refractivity contribution in [3.8, 4) is 5.75 Å². The molecule has 0 radical (unpaired) electrons. The highest BCUT2D eigenvalue weighted by molar-refractivity contribution is 8.01. The van der Waals surface area contributed by atoms with Gasteiger partial charge in [-0.1, -0.05) is 32.0 Å². The molecule has 8 nitrogen and oxygen atoms in total.